The van der Waals surface area contributed by atoms with Gasteiger partial charge in [0, 0.05) is 76.7 Å². The van der Waals surface area contributed by atoms with E-state index in [9.17, 15) is 0 Å². The molecule has 0 rings (SSSR count). The lowest BCUT2D eigenvalue weighted by molar-refractivity contribution is 0.103. The van der Waals surface area contributed by atoms with E-state index >= 15 is 0 Å². The van der Waals surface area contributed by atoms with Gasteiger partial charge in [-0.25, -0.2) is 0 Å². The zero-order valence-corrected chi connectivity index (χ0v) is 19.4. The van der Waals surface area contributed by atoms with Crippen molar-refractivity contribution in [3.63, 3.8) is 0 Å². The van der Waals surface area contributed by atoms with Crippen LogP contribution in [0.4, 0.5) is 0 Å². The fourth-order valence-corrected chi connectivity index (χ4v) is 0.746. The van der Waals surface area contributed by atoms with Crippen LogP contribution in [0.5, 0.6) is 0 Å². The Hall–Kier alpha value is -0.740. The first-order valence-electron chi connectivity index (χ1n) is 8.59. The number of hydrogen-bond acceptors (Lipinski definition) is 8. The first-order valence-corrected chi connectivity index (χ1v) is 8.59. The lowest BCUT2D eigenvalue weighted by Gasteiger charge is -1.94. The van der Waals surface area contributed by atoms with Gasteiger partial charge in [-0.2, -0.15) is 0 Å². The van der Waals surface area contributed by atoms with Gasteiger partial charge in [-0.05, 0) is 19.4 Å². The minimum Gasteiger partial charge on any atom is -0.505 e. The summed E-state index contributed by atoms with van der Waals surface area (Å²) in [7, 11) is 14.9. The summed E-state index contributed by atoms with van der Waals surface area (Å²) in [6.07, 6.45) is 4.37. The SMILES string of the molecule is C.C.C.C.CCOC.CO/C=C/COC.COC.COCCCOC.COCCOC. The maximum atomic E-state index is 4.76. The molecule has 0 amide bonds. The third-order valence-electron chi connectivity index (χ3n) is 1.97. The molecule has 0 aliphatic carbocycles. The Morgan fingerprint density at radius 2 is 0.839 bits per heavy atom. The standard InChI is InChI=1S/C5H12O2.C5H10O2.C4H10O2.C3H8O.C2H6O.4CH4/c2*1-6-4-3-5-7-2;1-5-3-4-6-2;1-3-4-2;1-3-2;;;;/h3-5H2,1-2H3;3-4H,5H2,1-2H3;3-4H2,1-2H3;3H2,1-2H3;1-2H3;4*1H4/b;4-3+;;;;;;;. The molecule has 0 fully saturated rings. The largest absolute Gasteiger partial charge is 0.505 e. The molecule has 0 saturated heterocycles. The third-order valence-corrected chi connectivity index (χ3v) is 1.97. The zero-order chi connectivity index (χ0) is 22.0. The Balaban J connectivity index is -0.0000000277. The van der Waals surface area contributed by atoms with E-state index in [1.807, 2.05) is 6.92 Å². The number of rotatable bonds is 11. The van der Waals surface area contributed by atoms with Gasteiger partial charge in [-0.1, -0.05) is 29.7 Å². The molecule has 0 aromatic carbocycles. The molecule has 31 heavy (non-hydrogen) atoms. The molecule has 0 radical (unpaired) electrons. The number of ether oxygens (including phenoxy) is 8. The van der Waals surface area contributed by atoms with Crippen LogP contribution in [0.15, 0.2) is 12.3 Å². The second kappa shape index (κ2) is 88.4. The van der Waals surface area contributed by atoms with Gasteiger partial charge in [0.1, 0.15) is 0 Å². The molecular formula is C23H62O8. The van der Waals surface area contributed by atoms with Crippen molar-refractivity contribution in [3.8, 4) is 0 Å². The van der Waals surface area contributed by atoms with Crippen molar-refractivity contribution in [3.05, 3.63) is 12.3 Å². The highest BCUT2D eigenvalue weighted by molar-refractivity contribution is 4.71. The molecule has 0 unspecified atom stereocenters. The van der Waals surface area contributed by atoms with Crippen molar-refractivity contribution >= 4 is 0 Å². The van der Waals surface area contributed by atoms with Crippen LogP contribution in [0.2, 0.25) is 0 Å². The zero-order valence-electron chi connectivity index (χ0n) is 19.4. The molecule has 0 aromatic rings. The molecule has 0 saturated carbocycles. The predicted molar refractivity (Wildman–Crippen MR) is 138 cm³/mol. The van der Waals surface area contributed by atoms with Crippen LogP contribution in [0, 0.1) is 0 Å². The monoisotopic (exact) mass is 466 g/mol. The first-order chi connectivity index (χ1) is 13.1. The number of methoxy groups -OCH3 is 8. The summed E-state index contributed by atoms with van der Waals surface area (Å²) in [5, 5.41) is 0. The summed E-state index contributed by atoms with van der Waals surface area (Å²) in [4.78, 5) is 0. The summed E-state index contributed by atoms with van der Waals surface area (Å²) in [5.74, 6) is 0. The summed E-state index contributed by atoms with van der Waals surface area (Å²) in [5.41, 5.74) is 0. The molecule has 0 bridgehead atoms. The second-order valence-electron chi connectivity index (χ2n) is 4.37. The first kappa shape index (κ1) is 57.3. The van der Waals surface area contributed by atoms with Crippen LogP contribution in [-0.2, 0) is 37.9 Å². The molecule has 0 spiro atoms. The van der Waals surface area contributed by atoms with Gasteiger partial charge in [0.25, 0.3) is 0 Å². The maximum absolute atomic E-state index is 4.76. The van der Waals surface area contributed by atoms with Gasteiger partial charge in [-0.15, -0.1) is 0 Å². The van der Waals surface area contributed by atoms with Crippen LogP contribution in [-0.4, -0.2) is 104 Å². The van der Waals surface area contributed by atoms with Crippen molar-refractivity contribution in [2.24, 2.45) is 0 Å². The molecule has 8 nitrogen and oxygen atoms in total. The van der Waals surface area contributed by atoms with Crippen LogP contribution in [0.25, 0.3) is 0 Å². The van der Waals surface area contributed by atoms with E-state index in [1.54, 1.807) is 76.3 Å². The van der Waals surface area contributed by atoms with Crippen LogP contribution < -0.4 is 0 Å². The minimum atomic E-state index is 0. The Kier molecular flexibility index (Phi) is 163. The van der Waals surface area contributed by atoms with Crippen molar-refractivity contribution in [1.29, 1.82) is 0 Å². The minimum absolute atomic E-state index is 0. The van der Waals surface area contributed by atoms with Crippen LogP contribution in [0.1, 0.15) is 43.1 Å². The van der Waals surface area contributed by atoms with E-state index < -0.39 is 0 Å². The van der Waals surface area contributed by atoms with Crippen molar-refractivity contribution in [2.75, 3.05) is 104 Å². The smallest absolute Gasteiger partial charge is 0.0807 e. The molecule has 0 atom stereocenters. The van der Waals surface area contributed by atoms with Gasteiger partial charge in [0.2, 0.25) is 0 Å². The van der Waals surface area contributed by atoms with E-state index in [-0.39, 0.29) is 29.7 Å². The third kappa shape index (κ3) is 171. The second-order valence-corrected chi connectivity index (χ2v) is 4.37. The molecule has 0 aliphatic heterocycles. The summed E-state index contributed by atoms with van der Waals surface area (Å²) in [6.45, 7) is 6.38. The van der Waals surface area contributed by atoms with E-state index in [0.717, 1.165) is 26.2 Å². The topological polar surface area (TPSA) is 73.8 Å². The average molecular weight is 467 g/mol. The quantitative estimate of drug-likeness (QED) is 0.304. The fourth-order valence-electron chi connectivity index (χ4n) is 0.746. The van der Waals surface area contributed by atoms with E-state index in [4.69, 9.17) is 9.47 Å². The predicted octanol–water partition coefficient (Wildman–Crippen LogP) is 5.20. The molecule has 0 aliphatic rings. The Labute approximate surface area is 197 Å². The Morgan fingerprint density at radius 1 is 0.516 bits per heavy atom. The molecule has 0 heterocycles. The summed E-state index contributed by atoms with van der Waals surface area (Å²) >= 11 is 0. The van der Waals surface area contributed by atoms with Crippen molar-refractivity contribution in [1.82, 2.24) is 0 Å². The van der Waals surface area contributed by atoms with Gasteiger partial charge in [0.05, 0.1) is 33.2 Å². The van der Waals surface area contributed by atoms with Gasteiger partial charge < -0.3 is 37.9 Å². The fraction of sp³-hybridized carbons (Fsp3) is 0.913. The van der Waals surface area contributed by atoms with E-state index in [0.29, 0.717) is 19.8 Å². The van der Waals surface area contributed by atoms with Gasteiger partial charge >= 0.3 is 0 Å². The normalized spacial score (nSPS) is 7.68. The van der Waals surface area contributed by atoms with E-state index in [2.05, 4.69) is 28.4 Å². The van der Waals surface area contributed by atoms with Crippen molar-refractivity contribution in [2.45, 2.75) is 43.1 Å². The van der Waals surface area contributed by atoms with Crippen LogP contribution in [0.3, 0.4) is 0 Å². The van der Waals surface area contributed by atoms with Gasteiger partial charge in [-0.3, -0.25) is 0 Å². The number of hydrogen-bond donors (Lipinski definition) is 0. The molecule has 8 heteroatoms. The highest BCUT2D eigenvalue weighted by atomic mass is 16.5. The van der Waals surface area contributed by atoms with Gasteiger partial charge in [0.15, 0.2) is 0 Å². The van der Waals surface area contributed by atoms with Crippen LogP contribution >= 0.6 is 0 Å². The molecule has 0 N–H and O–H groups in total. The molecule has 202 valence electrons. The highest BCUT2D eigenvalue weighted by Gasteiger charge is 1.79. The summed E-state index contributed by atoms with van der Waals surface area (Å²) in [6, 6.07) is 0. The van der Waals surface area contributed by atoms with Crippen molar-refractivity contribution < 1.29 is 37.9 Å². The average Bonchev–Trinajstić information content (AvgIpc) is 2.69. The Morgan fingerprint density at radius 3 is 1.03 bits per heavy atom. The maximum Gasteiger partial charge on any atom is 0.0807 e. The Bertz CT molecular complexity index is 184. The lowest BCUT2D eigenvalue weighted by atomic mass is 10.5. The van der Waals surface area contributed by atoms with E-state index in [1.165, 1.54) is 0 Å². The molecular weight excluding hydrogens is 404 g/mol. The summed E-state index contributed by atoms with van der Waals surface area (Å²) < 4.78 is 36.9. The molecule has 0 aromatic heterocycles. The highest BCUT2D eigenvalue weighted by Crippen LogP contribution is 1.78. The lowest BCUT2D eigenvalue weighted by Crippen LogP contribution is -1.96.